The van der Waals surface area contributed by atoms with Crippen LogP contribution in [0.2, 0.25) is 0 Å². The molecule has 0 saturated heterocycles. The average Bonchev–Trinajstić information content (AvgIpc) is 3.75. The first-order valence-corrected chi connectivity index (χ1v) is 19.5. The van der Waals surface area contributed by atoms with E-state index in [-0.39, 0.29) is 0 Å². The Morgan fingerprint density at radius 2 is 1.14 bits per heavy atom. The van der Waals surface area contributed by atoms with E-state index in [1.54, 1.807) is 6.20 Å². The summed E-state index contributed by atoms with van der Waals surface area (Å²) in [6.45, 7) is 0. The van der Waals surface area contributed by atoms with Gasteiger partial charge in [-0.1, -0.05) is 121 Å². The summed E-state index contributed by atoms with van der Waals surface area (Å²) in [6, 6.07) is 57.8. The molecular formula is C53H32N4O. The number of pyridine rings is 2. The van der Waals surface area contributed by atoms with Gasteiger partial charge in [-0.25, -0.2) is 9.97 Å². The first-order valence-electron chi connectivity index (χ1n) is 19.5. The molecule has 0 amide bonds. The van der Waals surface area contributed by atoms with Gasteiger partial charge in [-0.3, -0.25) is 9.97 Å². The van der Waals surface area contributed by atoms with Crippen molar-refractivity contribution in [3.05, 3.63) is 216 Å². The highest BCUT2D eigenvalue weighted by atomic mass is 16.3. The quantitative estimate of drug-likeness (QED) is 0.180. The molecule has 10 aromatic rings. The van der Waals surface area contributed by atoms with E-state index in [0.717, 1.165) is 66.8 Å². The van der Waals surface area contributed by atoms with Gasteiger partial charge in [0.05, 0.1) is 22.5 Å². The number of hydrogen-bond donors (Lipinski definition) is 0. The summed E-state index contributed by atoms with van der Waals surface area (Å²) in [7, 11) is 0. The maximum atomic E-state index is 6.61. The van der Waals surface area contributed by atoms with Crippen molar-refractivity contribution in [2.45, 2.75) is 5.41 Å². The van der Waals surface area contributed by atoms with E-state index in [4.69, 9.17) is 19.4 Å². The van der Waals surface area contributed by atoms with Crippen LogP contribution in [-0.2, 0) is 5.41 Å². The molecule has 2 aliphatic rings. The van der Waals surface area contributed by atoms with Crippen LogP contribution in [0.5, 0.6) is 0 Å². The summed E-state index contributed by atoms with van der Waals surface area (Å²) in [5.74, 6) is 0.645. The second kappa shape index (κ2) is 12.6. The third-order valence-corrected chi connectivity index (χ3v) is 11.9. The van der Waals surface area contributed by atoms with Crippen LogP contribution in [-0.4, -0.2) is 19.9 Å². The predicted molar refractivity (Wildman–Crippen MR) is 233 cm³/mol. The van der Waals surface area contributed by atoms with Crippen molar-refractivity contribution in [2.75, 3.05) is 0 Å². The minimum atomic E-state index is -0.656. The Balaban J connectivity index is 1.11. The number of para-hydroxylation sites is 1. The molecule has 1 atom stereocenters. The molecule has 58 heavy (non-hydrogen) atoms. The topological polar surface area (TPSA) is 64.7 Å². The van der Waals surface area contributed by atoms with Crippen LogP contribution >= 0.6 is 0 Å². The fraction of sp³-hybridized carbons (Fsp3) is 0.0189. The number of furan rings is 1. The molecule has 0 aliphatic heterocycles. The molecule has 0 fully saturated rings. The zero-order valence-corrected chi connectivity index (χ0v) is 31.2. The maximum absolute atomic E-state index is 6.61. The molecule has 0 bridgehead atoms. The van der Waals surface area contributed by atoms with Crippen LogP contribution in [0.1, 0.15) is 33.4 Å². The smallest absolute Gasteiger partial charge is 0.160 e. The van der Waals surface area contributed by atoms with Crippen LogP contribution in [0.25, 0.3) is 90.4 Å². The Morgan fingerprint density at radius 3 is 1.98 bits per heavy atom. The molecule has 4 aromatic heterocycles. The number of hydrogen-bond acceptors (Lipinski definition) is 5. The van der Waals surface area contributed by atoms with E-state index in [9.17, 15) is 0 Å². The van der Waals surface area contributed by atoms with Gasteiger partial charge in [0.2, 0.25) is 0 Å². The van der Waals surface area contributed by atoms with Gasteiger partial charge in [-0.15, -0.1) is 0 Å². The van der Waals surface area contributed by atoms with Crippen LogP contribution < -0.4 is 0 Å². The Labute approximate surface area is 334 Å². The molecule has 1 unspecified atom stereocenters. The summed E-state index contributed by atoms with van der Waals surface area (Å²) in [5, 5.41) is 2.24. The largest absolute Gasteiger partial charge is 0.456 e. The zero-order valence-electron chi connectivity index (χ0n) is 31.2. The fourth-order valence-electron chi connectivity index (χ4n) is 9.26. The van der Waals surface area contributed by atoms with E-state index in [1.165, 1.54) is 38.9 Å². The fourth-order valence-corrected chi connectivity index (χ4v) is 9.26. The van der Waals surface area contributed by atoms with Gasteiger partial charge in [0.25, 0.3) is 0 Å². The van der Waals surface area contributed by atoms with Crippen molar-refractivity contribution in [1.29, 1.82) is 0 Å². The van der Waals surface area contributed by atoms with Crippen LogP contribution in [0.15, 0.2) is 187 Å². The standard InChI is InChI=1S/C53H32N4O/c1-2-12-35(13-3-1)48-30-49(38-24-25-47(55-32-38)37-14-10-26-54-31-37)57-52(56-48)36-23-22-34-21-20-33-11-4-7-17-43(33)53(45(34)27-36)44-18-8-5-15-39(44)41-28-42-40-16-6-9-19-50(40)58-51(42)29-46(41)53/h1-32H. The molecule has 0 N–H and O–H groups in total. The number of aromatic nitrogens is 4. The highest BCUT2D eigenvalue weighted by Crippen LogP contribution is 2.59. The summed E-state index contributed by atoms with van der Waals surface area (Å²) in [5.41, 5.74) is 17.0. The SMILES string of the molecule is C1=Cc2ccc(-c3nc(-c4ccccc4)cc(-c4ccc(-c5cccnc5)nc4)n3)cc2C2(c3ccccc31)c1ccccc1-c1cc3c(cc12)oc1ccccc13. The molecule has 1 spiro atoms. The van der Waals surface area contributed by atoms with E-state index in [0.29, 0.717) is 5.82 Å². The molecule has 2 aliphatic carbocycles. The summed E-state index contributed by atoms with van der Waals surface area (Å²) in [4.78, 5) is 19.7. The van der Waals surface area contributed by atoms with Crippen molar-refractivity contribution in [3.63, 3.8) is 0 Å². The maximum Gasteiger partial charge on any atom is 0.160 e. The van der Waals surface area contributed by atoms with Crippen LogP contribution in [0, 0.1) is 0 Å². The van der Waals surface area contributed by atoms with Gasteiger partial charge in [0.15, 0.2) is 5.82 Å². The monoisotopic (exact) mass is 740 g/mol. The lowest BCUT2D eigenvalue weighted by Crippen LogP contribution is -2.30. The van der Waals surface area contributed by atoms with E-state index >= 15 is 0 Å². The third kappa shape index (κ3) is 4.83. The Bertz CT molecular complexity index is 3280. The first kappa shape index (κ1) is 32.5. The highest BCUT2D eigenvalue weighted by molar-refractivity contribution is 6.08. The number of nitrogens with zero attached hydrogens (tertiary/aromatic N) is 4. The first-order chi connectivity index (χ1) is 28.7. The molecule has 0 saturated carbocycles. The number of rotatable bonds is 4. The predicted octanol–water partition coefficient (Wildman–Crippen LogP) is 12.7. The Morgan fingerprint density at radius 1 is 0.414 bits per heavy atom. The van der Waals surface area contributed by atoms with Gasteiger partial charge in [-0.05, 0) is 99.1 Å². The van der Waals surface area contributed by atoms with Gasteiger partial charge >= 0.3 is 0 Å². The normalized spacial score (nSPS) is 14.9. The lowest BCUT2D eigenvalue weighted by Gasteiger charge is -2.35. The molecule has 4 heterocycles. The lowest BCUT2D eigenvalue weighted by atomic mass is 9.65. The lowest BCUT2D eigenvalue weighted by molar-refractivity contribution is 0.666. The van der Waals surface area contributed by atoms with Crippen molar-refractivity contribution < 1.29 is 4.42 Å². The summed E-state index contributed by atoms with van der Waals surface area (Å²) < 4.78 is 6.61. The van der Waals surface area contributed by atoms with Crippen LogP contribution in [0.4, 0.5) is 0 Å². The zero-order chi connectivity index (χ0) is 38.2. The van der Waals surface area contributed by atoms with Gasteiger partial charge in [-0.2, -0.15) is 0 Å². The molecular weight excluding hydrogens is 709 g/mol. The van der Waals surface area contributed by atoms with Crippen molar-refractivity contribution in [2.24, 2.45) is 0 Å². The molecule has 12 rings (SSSR count). The minimum Gasteiger partial charge on any atom is -0.456 e. The van der Waals surface area contributed by atoms with Gasteiger partial charge < -0.3 is 4.42 Å². The average molecular weight is 741 g/mol. The summed E-state index contributed by atoms with van der Waals surface area (Å²) in [6.07, 6.45) is 10.0. The molecule has 6 aromatic carbocycles. The molecule has 0 radical (unpaired) electrons. The minimum absolute atomic E-state index is 0.645. The Kier molecular flexibility index (Phi) is 7.07. The van der Waals surface area contributed by atoms with Crippen molar-refractivity contribution in [3.8, 4) is 56.3 Å². The van der Waals surface area contributed by atoms with Crippen LogP contribution in [0.3, 0.4) is 0 Å². The Hall–Kier alpha value is -7.76. The molecule has 5 nitrogen and oxygen atoms in total. The third-order valence-electron chi connectivity index (χ3n) is 11.9. The molecule has 5 heteroatoms. The van der Waals surface area contributed by atoms with E-state index in [1.807, 2.05) is 54.9 Å². The van der Waals surface area contributed by atoms with E-state index in [2.05, 4.69) is 138 Å². The summed E-state index contributed by atoms with van der Waals surface area (Å²) >= 11 is 0. The number of fused-ring (bicyclic) bond motifs is 12. The van der Waals surface area contributed by atoms with E-state index < -0.39 is 5.41 Å². The second-order valence-electron chi connectivity index (χ2n) is 15.0. The second-order valence-corrected chi connectivity index (χ2v) is 15.0. The highest BCUT2D eigenvalue weighted by Gasteiger charge is 2.49. The number of benzene rings is 6. The molecule has 270 valence electrons. The van der Waals surface area contributed by atoms with Gasteiger partial charge in [0.1, 0.15) is 11.2 Å². The van der Waals surface area contributed by atoms with Gasteiger partial charge in [0, 0.05) is 51.6 Å². The van der Waals surface area contributed by atoms with Crippen molar-refractivity contribution >= 4 is 34.1 Å². The van der Waals surface area contributed by atoms with Crippen molar-refractivity contribution in [1.82, 2.24) is 19.9 Å².